The largest absolute Gasteiger partial charge is 0.491 e. The van der Waals surface area contributed by atoms with Crippen LogP contribution >= 0.6 is 0 Å². The lowest BCUT2D eigenvalue weighted by Crippen LogP contribution is -2.36. The van der Waals surface area contributed by atoms with Crippen molar-refractivity contribution >= 4 is 11.6 Å². The highest BCUT2D eigenvalue weighted by Crippen LogP contribution is 2.38. The average Bonchev–Trinajstić information content (AvgIpc) is 2.56. The first-order chi connectivity index (χ1) is 11.5. The number of carbonyl (C=O) groups excluding carboxylic acids is 1. The number of ether oxygens (including phenoxy) is 2. The van der Waals surface area contributed by atoms with Gasteiger partial charge >= 0.3 is 0 Å². The molecule has 2 rings (SSSR count). The Morgan fingerprint density at radius 2 is 1.96 bits per heavy atom. The Morgan fingerprint density at radius 3 is 2.58 bits per heavy atom. The van der Waals surface area contributed by atoms with Crippen molar-refractivity contribution < 1.29 is 15.7 Å². The van der Waals surface area contributed by atoms with Crippen molar-refractivity contribution in [3.05, 3.63) is 24.3 Å². The van der Waals surface area contributed by atoms with Crippen LogP contribution in [0.2, 0.25) is 0 Å². The molecule has 136 valence electrons. The van der Waals surface area contributed by atoms with Crippen molar-refractivity contribution in [3.63, 3.8) is 0 Å². The summed E-state index contributed by atoms with van der Waals surface area (Å²) in [4.78, 5) is 12.8. The molecule has 3 atom stereocenters. The molecule has 0 unspecified atom stereocenters. The van der Waals surface area contributed by atoms with E-state index in [9.17, 15) is 4.79 Å². The van der Waals surface area contributed by atoms with E-state index >= 15 is 0 Å². The van der Waals surface area contributed by atoms with Crippen LogP contribution in [0.25, 0.3) is 0 Å². The normalized spacial score (nSPS) is 24.0. The molecule has 24 heavy (non-hydrogen) atoms. The minimum absolute atomic E-state index is 0. The van der Waals surface area contributed by atoms with Gasteiger partial charge in [0.25, 0.3) is 0 Å². The molecule has 0 aromatic heterocycles. The molecular formula is C20H33NO3. The van der Waals surface area contributed by atoms with Gasteiger partial charge in [-0.3, -0.25) is 4.79 Å². The van der Waals surface area contributed by atoms with Crippen LogP contribution in [0.15, 0.2) is 24.3 Å². The Labute approximate surface area is 147 Å². The van der Waals surface area contributed by atoms with Crippen molar-refractivity contribution in [2.45, 2.75) is 40.0 Å². The number of methoxy groups -OCH3 is 1. The summed E-state index contributed by atoms with van der Waals surface area (Å²) in [6, 6.07) is 7.57. The molecule has 0 spiro atoms. The fourth-order valence-corrected chi connectivity index (χ4v) is 3.62. The quantitative estimate of drug-likeness (QED) is 0.741. The number of nitrogens with one attached hydrogen (secondary N) is 1. The molecule has 4 heteroatoms. The summed E-state index contributed by atoms with van der Waals surface area (Å²) in [7, 11) is 1.65. The van der Waals surface area contributed by atoms with Crippen LogP contribution in [0, 0.1) is 23.7 Å². The third-order valence-corrected chi connectivity index (χ3v) is 5.04. The van der Waals surface area contributed by atoms with Gasteiger partial charge in [0, 0.05) is 20.1 Å². The molecule has 1 aliphatic rings. The van der Waals surface area contributed by atoms with Gasteiger partial charge in [0.15, 0.2) is 0 Å². The lowest BCUT2D eigenvalue weighted by molar-refractivity contribution is -0.123. The fourth-order valence-electron chi connectivity index (χ4n) is 3.62. The summed E-state index contributed by atoms with van der Waals surface area (Å²) in [5.74, 6) is 2.73. The van der Waals surface area contributed by atoms with Crippen LogP contribution in [-0.2, 0) is 9.53 Å². The van der Waals surface area contributed by atoms with Crippen LogP contribution in [0.5, 0.6) is 5.75 Å². The highest BCUT2D eigenvalue weighted by molar-refractivity contribution is 5.92. The number of anilines is 1. The molecule has 0 aliphatic heterocycles. The predicted octanol–water partition coefficient (Wildman–Crippen LogP) is 4.60. The summed E-state index contributed by atoms with van der Waals surface area (Å²) >= 11 is 0. The minimum atomic E-state index is 0. The summed E-state index contributed by atoms with van der Waals surface area (Å²) in [6.45, 7) is 7.80. The molecule has 1 N–H and O–H groups in total. The van der Waals surface area contributed by atoms with Crippen molar-refractivity contribution in [2.24, 2.45) is 23.7 Å². The third-order valence-electron chi connectivity index (χ3n) is 5.04. The summed E-state index contributed by atoms with van der Waals surface area (Å²) in [5.41, 5.74) is 0.833. The second-order valence-electron chi connectivity index (χ2n) is 7.29. The Kier molecular flexibility index (Phi) is 7.10. The Balaban J connectivity index is 0.00000312. The van der Waals surface area contributed by atoms with E-state index < -0.39 is 0 Å². The zero-order valence-corrected chi connectivity index (χ0v) is 15.4. The SMILES string of the molecule is COCCOc1ccc(NC(=O)[C@@H]2C[C@H](C)CC[C@H]2C(C)C)cc1.[HH]. The van der Waals surface area contributed by atoms with E-state index in [1.165, 1.54) is 6.42 Å². The molecule has 4 nitrogen and oxygen atoms in total. The second kappa shape index (κ2) is 9.07. The molecule has 1 aromatic carbocycles. The first-order valence-corrected chi connectivity index (χ1v) is 9.04. The van der Waals surface area contributed by atoms with Gasteiger partial charge < -0.3 is 14.8 Å². The van der Waals surface area contributed by atoms with E-state index in [2.05, 4.69) is 26.1 Å². The van der Waals surface area contributed by atoms with Crippen LogP contribution in [0.3, 0.4) is 0 Å². The molecule has 0 radical (unpaired) electrons. The third kappa shape index (κ3) is 5.23. The predicted molar refractivity (Wildman–Crippen MR) is 99.4 cm³/mol. The van der Waals surface area contributed by atoms with E-state index in [0.717, 1.165) is 24.3 Å². The van der Waals surface area contributed by atoms with Crippen molar-refractivity contribution in [1.82, 2.24) is 0 Å². The maximum Gasteiger partial charge on any atom is 0.227 e. The van der Waals surface area contributed by atoms with Crippen LogP contribution < -0.4 is 10.1 Å². The number of amides is 1. The van der Waals surface area contributed by atoms with E-state index in [1.807, 2.05) is 24.3 Å². The first-order valence-electron chi connectivity index (χ1n) is 9.04. The smallest absolute Gasteiger partial charge is 0.227 e. The zero-order chi connectivity index (χ0) is 17.5. The van der Waals surface area contributed by atoms with Crippen LogP contribution in [0.4, 0.5) is 5.69 Å². The monoisotopic (exact) mass is 335 g/mol. The van der Waals surface area contributed by atoms with Gasteiger partial charge in [-0.2, -0.15) is 0 Å². The fraction of sp³-hybridized carbons (Fsp3) is 0.650. The molecule has 1 aliphatic carbocycles. The average molecular weight is 335 g/mol. The summed E-state index contributed by atoms with van der Waals surface area (Å²) < 4.78 is 10.5. The lowest BCUT2D eigenvalue weighted by atomic mass is 9.70. The van der Waals surface area contributed by atoms with Gasteiger partial charge in [0.1, 0.15) is 12.4 Å². The molecule has 0 saturated heterocycles. The maximum absolute atomic E-state index is 12.8. The highest BCUT2D eigenvalue weighted by atomic mass is 16.5. The standard InChI is InChI=1S/C20H31NO3.H2/c1-14(2)18-10-5-15(3)13-19(18)20(22)21-16-6-8-17(9-7-16)24-12-11-23-4;/h6-9,14-15,18-19H,5,10-13H2,1-4H3,(H,21,22);1H/t15-,18+,19-;/m1./s1. The molecule has 1 saturated carbocycles. The Morgan fingerprint density at radius 1 is 1.25 bits per heavy atom. The molecular weight excluding hydrogens is 302 g/mol. The van der Waals surface area contributed by atoms with Gasteiger partial charge in [0.2, 0.25) is 5.91 Å². The molecule has 0 bridgehead atoms. The Bertz CT molecular complexity index is 518. The number of hydrogen-bond acceptors (Lipinski definition) is 3. The van der Waals surface area contributed by atoms with Gasteiger partial charge in [-0.15, -0.1) is 0 Å². The van der Waals surface area contributed by atoms with Crippen molar-refractivity contribution in [1.29, 1.82) is 0 Å². The van der Waals surface area contributed by atoms with Crippen molar-refractivity contribution in [2.75, 3.05) is 25.6 Å². The summed E-state index contributed by atoms with van der Waals surface area (Å²) in [5, 5.41) is 3.09. The van der Waals surface area contributed by atoms with Crippen LogP contribution in [-0.4, -0.2) is 26.2 Å². The van der Waals surface area contributed by atoms with Gasteiger partial charge in [-0.1, -0.05) is 27.2 Å². The number of carbonyl (C=O) groups is 1. The second-order valence-corrected chi connectivity index (χ2v) is 7.29. The van der Waals surface area contributed by atoms with E-state index in [1.54, 1.807) is 7.11 Å². The van der Waals surface area contributed by atoms with Crippen molar-refractivity contribution in [3.8, 4) is 5.75 Å². The minimum Gasteiger partial charge on any atom is -0.491 e. The van der Waals surface area contributed by atoms with Crippen LogP contribution in [0.1, 0.15) is 41.5 Å². The van der Waals surface area contributed by atoms with Gasteiger partial charge in [-0.05, 0) is 54.9 Å². The maximum atomic E-state index is 12.8. The molecule has 0 heterocycles. The van der Waals surface area contributed by atoms with E-state index in [0.29, 0.717) is 31.0 Å². The van der Waals surface area contributed by atoms with Gasteiger partial charge in [-0.25, -0.2) is 0 Å². The number of hydrogen-bond donors (Lipinski definition) is 1. The number of benzene rings is 1. The van der Waals surface area contributed by atoms with Gasteiger partial charge in [0.05, 0.1) is 6.61 Å². The Hall–Kier alpha value is -1.55. The molecule has 1 aromatic rings. The molecule has 1 fully saturated rings. The summed E-state index contributed by atoms with van der Waals surface area (Å²) in [6.07, 6.45) is 3.39. The topological polar surface area (TPSA) is 47.6 Å². The lowest BCUT2D eigenvalue weighted by Gasteiger charge is -2.36. The zero-order valence-electron chi connectivity index (χ0n) is 15.4. The van der Waals surface area contributed by atoms with E-state index in [4.69, 9.17) is 9.47 Å². The molecule has 1 amide bonds. The number of rotatable bonds is 7. The highest BCUT2D eigenvalue weighted by Gasteiger charge is 2.35. The van der Waals surface area contributed by atoms with E-state index in [-0.39, 0.29) is 13.3 Å². The first kappa shape index (κ1) is 18.8.